The largest absolute Gasteiger partial charge is 0.508 e. The molecule has 2 rings (SSSR count). The molecule has 0 saturated carbocycles. The van der Waals surface area contributed by atoms with Gasteiger partial charge in [0.25, 0.3) is 5.92 Å². The highest BCUT2D eigenvalue weighted by Gasteiger charge is 2.44. The van der Waals surface area contributed by atoms with Gasteiger partial charge in [0.1, 0.15) is 18.4 Å². The topological polar surface area (TPSA) is 55.7 Å². The number of phenolic OH excluding ortho intramolecular Hbond substituents is 1. The van der Waals surface area contributed by atoms with E-state index in [1.54, 1.807) is 4.90 Å². The molecule has 1 aromatic carbocycles. The Bertz CT molecular complexity index is 468. The first kappa shape index (κ1) is 15.6. The van der Waals surface area contributed by atoms with E-state index in [4.69, 9.17) is 5.11 Å². The number of phenols is 1. The summed E-state index contributed by atoms with van der Waals surface area (Å²) in [5.74, 6) is -3.36. The SMILES string of the molecule is OCC(F)(F)[C@H](c1cc(O)ccc1Br)N1CCNCC1. The quantitative estimate of drug-likeness (QED) is 0.774. The molecule has 112 valence electrons. The molecule has 0 radical (unpaired) electrons. The van der Waals surface area contributed by atoms with Gasteiger partial charge in [0, 0.05) is 30.7 Å². The van der Waals surface area contributed by atoms with Crippen molar-refractivity contribution in [2.24, 2.45) is 0 Å². The van der Waals surface area contributed by atoms with Crippen LogP contribution in [0, 0.1) is 0 Å². The second-order valence-electron chi connectivity index (χ2n) is 4.81. The molecule has 0 aromatic heterocycles. The molecule has 20 heavy (non-hydrogen) atoms. The van der Waals surface area contributed by atoms with Crippen molar-refractivity contribution in [1.82, 2.24) is 10.2 Å². The molecule has 3 N–H and O–H groups in total. The van der Waals surface area contributed by atoms with E-state index in [9.17, 15) is 13.9 Å². The van der Waals surface area contributed by atoms with Crippen molar-refractivity contribution < 1.29 is 19.0 Å². The van der Waals surface area contributed by atoms with Crippen molar-refractivity contribution in [3.63, 3.8) is 0 Å². The Labute approximate surface area is 124 Å². The second-order valence-corrected chi connectivity index (χ2v) is 5.67. The molecule has 1 aromatic rings. The summed E-state index contributed by atoms with van der Waals surface area (Å²) < 4.78 is 28.9. The zero-order chi connectivity index (χ0) is 14.8. The smallest absolute Gasteiger partial charge is 0.289 e. The van der Waals surface area contributed by atoms with Gasteiger partial charge in [-0.2, -0.15) is 0 Å². The summed E-state index contributed by atoms with van der Waals surface area (Å²) in [6.45, 7) is 0.928. The van der Waals surface area contributed by atoms with E-state index in [1.807, 2.05) is 0 Å². The third kappa shape index (κ3) is 3.28. The maximum atomic E-state index is 14.2. The maximum Gasteiger partial charge on any atom is 0.289 e. The van der Waals surface area contributed by atoms with Gasteiger partial charge in [-0.05, 0) is 23.8 Å². The Kier molecular flexibility index (Phi) is 4.95. The average molecular weight is 351 g/mol. The number of benzene rings is 1. The number of piperazine rings is 1. The molecule has 0 unspecified atom stereocenters. The minimum atomic E-state index is -3.28. The fourth-order valence-corrected chi connectivity index (χ4v) is 2.92. The fourth-order valence-electron chi connectivity index (χ4n) is 2.46. The summed E-state index contributed by atoms with van der Waals surface area (Å²) in [7, 11) is 0. The molecule has 0 bridgehead atoms. The van der Waals surface area contributed by atoms with Gasteiger partial charge in [0.2, 0.25) is 0 Å². The lowest BCUT2D eigenvalue weighted by molar-refractivity contribution is -0.118. The van der Waals surface area contributed by atoms with Crippen LogP contribution in [0.15, 0.2) is 22.7 Å². The van der Waals surface area contributed by atoms with E-state index in [0.29, 0.717) is 30.7 Å². The number of nitrogens with zero attached hydrogens (tertiary/aromatic N) is 1. The molecule has 1 saturated heterocycles. The highest BCUT2D eigenvalue weighted by atomic mass is 79.9. The zero-order valence-corrected chi connectivity index (χ0v) is 12.4. The van der Waals surface area contributed by atoms with Crippen molar-refractivity contribution in [3.8, 4) is 5.75 Å². The monoisotopic (exact) mass is 350 g/mol. The molecular weight excluding hydrogens is 334 g/mol. The molecular formula is C13H17BrF2N2O2. The first-order valence-corrected chi connectivity index (χ1v) is 7.17. The molecule has 1 aliphatic heterocycles. The molecule has 1 heterocycles. The van der Waals surface area contributed by atoms with E-state index in [0.717, 1.165) is 0 Å². The van der Waals surface area contributed by atoms with Crippen LogP contribution in [0.1, 0.15) is 11.6 Å². The lowest BCUT2D eigenvalue weighted by Gasteiger charge is -2.39. The fraction of sp³-hybridized carbons (Fsp3) is 0.538. The van der Waals surface area contributed by atoms with Crippen molar-refractivity contribution in [2.75, 3.05) is 32.8 Å². The minimum absolute atomic E-state index is 0.0722. The van der Waals surface area contributed by atoms with Crippen LogP contribution in [0.5, 0.6) is 5.75 Å². The van der Waals surface area contributed by atoms with E-state index >= 15 is 0 Å². The molecule has 0 spiro atoms. The summed E-state index contributed by atoms with van der Waals surface area (Å²) in [4.78, 5) is 1.63. The van der Waals surface area contributed by atoms with Gasteiger partial charge in [-0.1, -0.05) is 15.9 Å². The van der Waals surface area contributed by atoms with E-state index < -0.39 is 18.6 Å². The Balaban J connectivity index is 2.42. The number of aliphatic hydroxyl groups is 1. The predicted molar refractivity (Wildman–Crippen MR) is 75.0 cm³/mol. The summed E-state index contributed by atoms with van der Waals surface area (Å²) in [6.07, 6.45) is 0. The first-order valence-electron chi connectivity index (χ1n) is 6.37. The Morgan fingerprint density at radius 1 is 1.35 bits per heavy atom. The second kappa shape index (κ2) is 6.34. The zero-order valence-electron chi connectivity index (χ0n) is 10.8. The van der Waals surface area contributed by atoms with Crippen LogP contribution >= 0.6 is 15.9 Å². The Morgan fingerprint density at radius 2 is 2.00 bits per heavy atom. The van der Waals surface area contributed by atoms with Crippen LogP contribution in [-0.2, 0) is 0 Å². The third-order valence-electron chi connectivity index (χ3n) is 3.40. The maximum absolute atomic E-state index is 14.2. The lowest BCUT2D eigenvalue weighted by Crippen LogP contribution is -2.51. The highest BCUT2D eigenvalue weighted by Crippen LogP contribution is 2.40. The van der Waals surface area contributed by atoms with Gasteiger partial charge >= 0.3 is 0 Å². The number of hydrogen-bond acceptors (Lipinski definition) is 4. The van der Waals surface area contributed by atoms with E-state index in [-0.39, 0.29) is 11.3 Å². The molecule has 1 aliphatic rings. The third-order valence-corrected chi connectivity index (χ3v) is 4.12. The summed E-state index contributed by atoms with van der Waals surface area (Å²) in [6, 6.07) is 3.02. The molecule has 1 fully saturated rings. The number of halogens is 3. The Morgan fingerprint density at radius 3 is 2.60 bits per heavy atom. The standard InChI is InChI=1S/C13H17BrF2N2O2/c14-11-2-1-9(20)7-10(11)12(13(15,16)8-19)18-5-3-17-4-6-18/h1-2,7,12,17,19-20H,3-6,8H2/t12-/m0/s1. The van der Waals surface area contributed by atoms with E-state index in [1.165, 1.54) is 18.2 Å². The van der Waals surface area contributed by atoms with Gasteiger partial charge in [-0.15, -0.1) is 0 Å². The van der Waals surface area contributed by atoms with Crippen molar-refractivity contribution in [1.29, 1.82) is 0 Å². The van der Waals surface area contributed by atoms with E-state index in [2.05, 4.69) is 21.2 Å². The number of aliphatic hydroxyl groups excluding tert-OH is 1. The van der Waals surface area contributed by atoms with Gasteiger partial charge in [0.05, 0.1) is 0 Å². The summed E-state index contributed by atoms with van der Waals surface area (Å²) in [5, 5.41) is 21.7. The van der Waals surface area contributed by atoms with Crippen molar-refractivity contribution in [2.45, 2.75) is 12.0 Å². The number of hydrogen-bond donors (Lipinski definition) is 3. The molecule has 0 amide bonds. The Hall–Kier alpha value is -0.760. The van der Waals surface area contributed by atoms with Crippen LogP contribution in [0.4, 0.5) is 8.78 Å². The molecule has 1 atom stereocenters. The molecule has 7 heteroatoms. The van der Waals surface area contributed by atoms with Gasteiger partial charge in [-0.25, -0.2) is 8.78 Å². The van der Waals surface area contributed by atoms with Gasteiger partial charge in [0.15, 0.2) is 0 Å². The van der Waals surface area contributed by atoms with Crippen LogP contribution in [-0.4, -0.2) is 53.8 Å². The van der Waals surface area contributed by atoms with Crippen LogP contribution < -0.4 is 5.32 Å². The van der Waals surface area contributed by atoms with Gasteiger partial charge in [-0.3, -0.25) is 4.90 Å². The first-order chi connectivity index (χ1) is 9.45. The van der Waals surface area contributed by atoms with Crippen LogP contribution in [0.2, 0.25) is 0 Å². The highest BCUT2D eigenvalue weighted by molar-refractivity contribution is 9.10. The minimum Gasteiger partial charge on any atom is -0.508 e. The molecule has 4 nitrogen and oxygen atoms in total. The average Bonchev–Trinajstić information content (AvgIpc) is 2.44. The van der Waals surface area contributed by atoms with Crippen molar-refractivity contribution >= 4 is 15.9 Å². The van der Waals surface area contributed by atoms with Crippen molar-refractivity contribution in [3.05, 3.63) is 28.2 Å². The van der Waals surface area contributed by atoms with Gasteiger partial charge < -0.3 is 15.5 Å². The number of alkyl halides is 2. The summed E-state index contributed by atoms with van der Waals surface area (Å²) >= 11 is 3.25. The van der Waals surface area contributed by atoms with Crippen LogP contribution in [0.25, 0.3) is 0 Å². The lowest BCUT2D eigenvalue weighted by atomic mass is 9.98. The normalized spacial score (nSPS) is 19.0. The van der Waals surface area contributed by atoms with Crippen LogP contribution in [0.3, 0.4) is 0 Å². The molecule has 0 aliphatic carbocycles. The number of rotatable bonds is 4. The number of aromatic hydroxyl groups is 1. The number of nitrogens with one attached hydrogen (secondary N) is 1. The summed E-state index contributed by atoms with van der Waals surface area (Å²) in [5.41, 5.74) is 0.283. The predicted octanol–water partition coefficient (Wildman–Crippen LogP) is 1.73.